The van der Waals surface area contributed by atoms with Crippen molar-refractivity contribution in [1.29, 1.82) is 0 Å². The number of carbonyl (C=O) groups excluding carboxylic acids is 2. The molecule has 1 N–H and O–H groups in total. The number of nitrogens with zero attached hydrogens (tertiary/aromatic N) is 2. The van der Waals surface area contributed by atoms with Crippen molar-refractivity contribution in [3.63, 3.8) is 0 Å². The number of esters is 1. The lowest BCUT2D eigenvalue weighted by Gasteiger charge is -2.28. The number of carbonyl (C=O) groups is 2. The minimum atomic E-state index is -0.908. The Bertz CT molecular complexity index is 857. The summed E-state index contributed by atoms with van der Waals surface area (Å²) in [6, 6.07) is 14.9. The number of morpholine rings is 1. The van der Waals surface area contributed by atoms with Gasteiger partial charge in [0.15, 0.2) is 6.10 Å². The van der Waals surface area contributed by atoms with Crippen LogP contribution in [0.1, 0.15) is 31.1 Å². The summed E-state index contributed by atoms with van der Waals surface area (Å²) in [5.74, 6) is -0.886. The van der Waals surface area contributed by atoms with E-state index in [4.69, 9.17) is 9.47 Å². The summed E-state index contributed by atoms with van der Waals surface area (Å²) in [4.78, 5) is 29.3. The molecule has 1 atom stereocenters. The van der Waals surface area contributed by atoms with Crippen molar-refractivity contribution < 1.29 is 19.1 Å². The number of nitrogens with one attached hydrogen (secondary N) is 1. The maximum atomic E-state index is 12.5. The Kier molecular flexibility index (Phi) is 7.89. The second-order valence-electron chi connectivity index (χ2n) is 7.40. The minimum absolute atomic E-state index is 0.368. The molecule has 2 aromatic rings. The Morgan fingerprint density at radius 3 is 2.23 bits per heavy atom. The summed E-state index contributed by atoms with van der Waals surface area (Å²) in [6.07, 6.45) is -0.908. The molecule has 0 radical (unpaired) electrons. The van der Waals surface area contributed by atoms with Gasteiger partial charge in [-0.3, -0.25) is 4.79 Å². The van der Waals surface area contributed by atoms with E-state index in [-0.39, 0.29) is 5.91 Å². The molecule has 1 saturated heterocycles. The molecule has 7 heteroatoms. The van der Waals surface area contributed by atoms with Gasteiger partial charge >= 0.3 is 5.97 Å². The highest BCUT2D eigenvalue weighted by Crippen LogP contribution is 2.20. The quantitative estimate of drug-likeness (QED) is 0.652. The second-order valence-corrected chi connectivity index (χ2v) is 7.40. The van der Waals surface area contributed by atoms with E-state index in [9.17, 15) is 9.59 Å². The summed E-state index contributed by atoms with van der Waals surface area (Å²) in [5, 5.41) is 2.80. The van der Waals surface area contributed by atoms with Gasteiger partial charge < -0.3 is 24.6 Å². The molecule has 1 aliphatic heterocycles. The zero-order chi connectivity index (χ0) is 22.2. The molecule has 2 aromatic carbocycles. The molecule has 1 amide bonds. The SMILES string of the molecule is CCN(CC)c1ccc(C(=O)O[C@@H](C)C(=O)Nc2ccc(N3CCOCC3)cc2)cc1. The third-order valence-electron chi connectivity index (χ3n) is 5.40. The van der Waals surface area contributed by atoms with Crippen molar-refractivity contribution in [2.24, 2.45) is 0 Å². The van der Waals surface area contributed by atoms with Gasteiger partial charge in [0.05, 0.1) is 18.8 Å². The molecule has 0 bridgehead atoms. The third-order valence-corrected chi connectivity index (χ3v) is 5.40. The van der Waals surface area contributed by atoms with Crippen LogP contribution in [-0.2, 0) is 14.3 Å². The Morgan fingerprint density at radius 2 is 1.65 bits per heavy atom. The molecule has 0 aliphatic carbocycles. The molecule has 1 aliphatic rings. The number of hydrogen-bond acceptors (Lipinski definition) is 6. The van der Waals surface area contributed by atoms with Crippen molar-refractivity contribution >= 4 is 28.9 Å². The van der Waals surface area contributed by atoms with Crippen LogP contribution in [0.4, 0.5) is 17.1 Å². The molecule has 0 spiro atoms. The van der Waals surface area contributed by atoms with E-state index in [2.05, 4.69) is 29.0 Å². The summed E-state index contributed by atoms with van der Waals surface area (Å²) in [5.41, 5.74) is 3.22. The topological polar surface area (TPSA) is 71.1 Å². The van der Waals surface area contributed by atoms with Gasteiger partial charge in [-0.15, -0.1) is 0 Å². The molecule has 0 saturated carbocycles. The van der Waals surface area contributed by atoms with Gasteiger partial charge in [0.2, 0.25) is 0 Å². The van der Waals surface area contributed by atoms with Crippen LogP contribution in [0.5, 0.6) is 0 Å². The van der Waals surface area contributed by atoms with Gasteiger partial charge in [-0.25, -0.2) is 4.79 Å². The van der Waals surface area contributed by atoms with E-state index in [1.165, 1.54) is 0 Å². The molecule has 31 heavy (non-hydrogen) atoms. The van der Waals surface area contributed by atoms with Gasteiger partial charge in [-0.05, 0) is 69.3 Å². The number of rotatable bonds is 8. The van der Waals surface area contributed by atoms with Crippen LogP contribution in [0.2, 0.25) is 0 Å². The Labute approximate surface area is 183 Å². The van der Waals surface area contributed by atoms with Gasteiger partial charge in [0, 0.05) is 43.2 Å². The van der Waals surface area contributed by atoms with Crippen molar-refractivity contribution in [2.75, 3.05) is 54.5 Å². The molecular weight excluding hydrogens is 394 g/mol. The van der Waals surface area contributed by atoms with Crippen molar-refractivity contribution in [3.05, 3.63) is 54.1 Å². The number of ether oxygens (including phenoxy) is 2. The number of benzene rings is 2. The molecule has 7 nitrogen and oxygen atoms in total. The highest BCUT2D eigenvalue weighted by Gasteiger charge is 2.19. The lowest BCUT2D eigenvalue weighted by molar-refractivity contribution is -0.123. The van der Waals surface area contributed by atoms with Crippen molar-refractivity contribution in [2.45, 2.75) is 26.9 Å². The van der Waals surface area contributed by atoms with Crippen LogP contribution in [0.3, 0.4) is 0 Å². The molecule has 166 valence electrons. The fourth-order valence-corrected chi connectivity index (χ4v) is 3.50. The van der Waals surface area contributed by atoms with E-state index < -0.39 is 12.1 Å². The highest BCUT2D eigenvalue weighted by molar-refractivity contribution is 5.97. The zero-order valence-corrected chi connectivity index (χ0v) is 18.5. The van der Waals surface area contributed by atoms with Crippen LogP contribution < -0.4 is 15.1 Å². The third kappa shape index (κ3) is 5.98. The first-order chi connectivity index (χ1) is 15.0. The van der Waals surface area contributed by atoms with Crippen LogP contribution in [0.15, 0.2) is 48.5 Å². The van der Waals surface area contributed by atoms with Crippen LogP contribution in [0, 0.1) is 0 Å². The number of amides is 1. The van der Waals surface area contributed by atoms with E-state index in [1.807, 2.05) is 36.4 Å². The molecule has 1 heterocycles. The van der Waals surface area contributed by atoms with E-state index in [0.29, 0.717) is 11.3 Å². The standard InChI is InChI=1S/C24H31N3O4/c1-4-26(5-2)21-10-6-19(7-11-21)24(29)31-18(3)23(28)25-20-8-12-22(13-9-20)27-14-16-30-17-15-27/h6-13,18H,4-5,14-17H2,1-3H3,(H,25,28)/t18-/m0/s1. The number of hydrogen-bond donors (Lipinski definition) is 1. The Balaban J connectivity index is 1.53. The second kappa shape index (κ2) is 10.8. The van der Waals surface area contributed by atoms with E-state index in [0.717, 1.165) is 50.8 Å². The van der Waals surface area contributed by atoms with E-state index in [1.54, 1.807) is 19.1 Å². The summed E-state index contributed by atoms with van der Waals surface area (Å²) < 4.78 is 10.7. The zero-order valence-electron chi connectivity index (χ0n) is 18.5. The first-order valence-corrected chi connectivity index (χ1v) is 10.8. The van der Waals surface area contributed by atoms with Gasteiger partial charge in [0.1, 0.15) is 0 Å². The molecular formula is C24H31N3O4. The first kappa shape index (κ1) is 22.6. The van der Waals surface area contributed by atoms with Crippen LogP contribution in [-0.4, -0.2) is 57.4 Å². The largest absolute Gasteiger partial charge is 0.449 e. The predicted octanol–water partition coefficient (Wildman–Crippen LogP) is 3.55. The summed E-state index contributed by atoms with van der Waals surface area (Å²) >= 11 is 0. The van der Waals surface area contributed by atoms with Crippen LogP contribution >= 0.6 is 0 Å². The number of anilines is 3. The lowest BCUT2D eigenvalue weighted by Crippen LogP contribution is -2.36. The molecule has 1 fully saturated rings. The monoisotopic (exact) mass is 425 g/mol. The molecule has 0 aromatic heterocycles. The molecule has 3 rings (SSSR count). The van der Waals surface area contributed by atoms with Crippen LogP contribution in [0.25, 0.3) is 0 Å². The summed E-state index contributed by atoms with van der Waals surface area (Å²) in [6.45, 7) is 10.7. The van der Waals surface area contributed by atoms with Gasteiger partial charge in [-0.1, -0.05) is 0 Å². The van der Waals surface area contributed by atoms with E-state index >= 15 is 0 Å². The van der Waals surface area contributed by atoms with Crippen molar-refractivity contribution in [3.8, 4) is 0 Å². The lowest BCUT2D eigenvalue weighted by atomic mass is 10.2. The minimum Gasteiger partial charge on any atom is -0.449 e. The highest BCUT2D eigenvalue weighted by atomic mass is 16.5. The Morgan fingerprint density at radius 1 is 1.03 bits per heavy atom. The fourth-order valence-electron chi connectivity index (χ4n) is 3.50. The fraction of sp³-hybridized carbons (Fsp3) is 0.417. The average molecular weight is 426 g/mol. The smallest absolute Gasteiger partial charge is 0.338 e. The first-order valence-electron chi connectivity index (χ1n) is 10.8. The average Bonchev–Trinajstić information content (AvgIpc) is 2.81. The van der Waals surface area contributed by atoms with Crippen molar-refractivity contribution in [1.82, 2.24) is 0 Å². The maximum absolute atomic E-state index is 12.5. The Hall–Kier alpha value is -3.06. The maximum Gasteiger partial charge on any atom is 0.338 e. The predicted molar refractivity (Wildman–Crippen MR) is 123 cm³/mol. The molecule has 0 unspecified atom stereocenters. The normalized spacial score (nSPS) is 14.6. The summed E-state index contributed by atoms with van der Waals surface area (Å²) in [7, 11) is 0. The van der Waals surface area contributed by atoms with Gasteiger partial charge in [0.25, 0.3) is 5.91 Å². The van der Waals surface area contributed by atoms with Gasteiger partial charge in [-0.2, -0.15) is 0 Å².